The number of hydrogen-bond acceptors (Lipinski definition) is 3. The van der Waals surface area contributed by atoms with Crippen molar-refractivity contribution in [2.45, 2.75) is 64.0 Å². The molecule has 1 fully saturated rings. The minimum atomic E-state index is 0.380. The largest absolute Gasteiger partial charge is 0.379 e. The van der Waals surface area contributed by atoms with E-state index in [2.05, 4.69) is 19.3 Å². The fraction of sp³-hybridized carbons (Fsp3) is 1.00. The van der Waals surface area contributed by atoms with E-state index in [0.717, 1.165) is 26.2 Å². The molecule has 0 amide bonds. The minimum absolute atomic E-state index is 0.380. The van der Waals surface area contributed by atoms with Gasteiger partial charge in [0.15, 0.2) is 0 Å². The van der Waals surface area contributed by atoms with Crippen molar-refractivity contribution in [2.24, 2.45) is 0 Å². The van der Waals surface area contributed by atoms with Crippen LogP contribution >= 0.6 is 0 Å². The molecule has 3 nitrogen and oxygen atoms in total. The Kier molecular flexibility index (Phi) is 8.67. The Morgan fingerprint density at radius 1 is 1.00 bits per heavy atom. The van der Waals surface area contributed by atoms with Crippen LogP contribution in [0.5, 0.6) is 0 Å². The third kappa shape index (κ3) is 6.39. The van der Waals surface area contributed by atoms with Crippen LogP contribution < -0.4 is 5.32 Å². The summed E-state index contributed by atoms with van der Waals surface area (Å²) in [6.07, 6.45) is 9.29. The van der Waals surface area contributed by atoms with Gasteiger partial charge in [0.05, 0.1) is 19.3 Å². The summed E-state index contributed by atoms with van der Waals surface area (Å²) in [5, 5.41) is 3.41. The molecule has 2 atom stereocenters. The van der Waals surface area contributed by atoms with Gasteiger partial charge in [-0.25, -0.2) is 0 Å². The van der Waals surface area contributed by atoms with Crippen LogP contribution in [-0.4, -0.2) is 39.0 Å². The Balaban J connectivity index is 2.20. The molecule has 0 bridgehead atoms. The maximum atomic E-state index is 5.98. The van der Waals surface area contributed by atoms with Gasteiger partial charge in [-0.05, 0) is 26.3 Å². The van der Waals surface area contributed by atoms with Crippen molar-refractivity contribution in [3.8, 4) is 0 Å². The van der Waals surface area contributed by atoms with Crippen molar-refractivity contribution in [3.05, 3.63) is 0 Å². The summed E-state index contributed by atoms with van der Waals surface area (Å²) in [5.41, 5.74) is 0. The van der Waals surface area contributed by atoms with Crippen molar-refractivity contribution in [3.63, 3.8) is 0 Å². The third-order valence-corrected chi connectivity index (χ3v) is 3.48. The van der Waals surface area contributed by atoms with Crippen LogP contribution in [0.15, 0.2) is 0 Å². The maximum absolute atomic E-state index is 5.98. The molecule has 1 rings (SSSR count). The van der Waals surface area contributed by atoms with Gasteiger partial charge in [-0.3, -0.25) is 0 Å². The van der Waals surface area contributed by atoms with Crippen LogP contribution in [0.1, 0.15) is 51.9 Å². The van der Waals surface area contributed by atoms with Gasteiger partial charge in [0.25, 0.3) is 0 Å². The molecule has 0 saturated heterocycles. The van der Waals surface area contributed by atoms with E-state index >= 15 is 0 Å². The molecule has 0 spiro atoms. The van der Waals surface area contributed by atoms with E-state index in [1.807, 2.05) is 0 Å². The van der Waals surface area contributed by atoms with E-state index in [0.29, 0.717) is 12.1 Å². The normalized spacial score (nSPS) is 26.5. The Morgan fingerprint density at radius 2 is 1.76 bits per heavy atom. The van der Waals surface area contributed by atoms with Crippen molar-refractivity contribution in [1.82, 2.24) is 5.32 Å². The van der Waals surface area contributed by atoms with Crippen molar-refractivity contribution >= 4 is 0 Å². The van der Waals surface area contributed by atoms with Crippen molar-refractivity contribution < 1.29 is 9.47 Å². The van der Waals surface area contributed by atoms with E-state index in [1.165, 1.54) is 38.5 Å². The minimum Gasteiger partial charge on any atom is -0.379 e. The van der Waals surface area contributed by atoms with Gasteiger partial charge in [-0.1, -0.05) is 32.6 Å². The molecule has 0 aromatic heterocycles. The summed E-state index contributed by atoms with van der Waals surface area (Å²) in [7, 11) is 2.05. The highest BCUT2D eigenvalue weighted by Gasteiger charge is 2.21. The van der Waals surface area contributed by atoms with Crippen LogP contribution in [0.25, 0.3) is 0 Å². The molecule has 1 N–H and O–H groups in total. The topological polar surface area (TPSA) is 30.5 Å². The molecule has 17 heavy (non-hydrogen) atoms. The molecular formula is C14H29NO2. The quantitative estimate of drug-likeness (QED) is 0.697. The van der Waals surface area contributed by atoms with E-state index in [-0.39, 0.29) is 0 Å². The van der Waals surface area contributed by atoms with E-state index in [9.17, 15) is 0 Å². The van der Waals surface area contributed by atoms with Gasteiger partial charge >= 0.3 is 0 Å². The molecule has 0 aromatic carbocycles. The predicted molar refractivity (Wildman–Crippen MR) is 71.4 cm³/mol. The Morgan fingerprint density at radius 3 is 2.47 bits per heavy atom. The predicted octanol–water partition coefficient (Wildman–Crippen LogP) is 2.74. The van der Waals surface area contributed by atoms with Crippen LogP contribution in [0.4, 0.5) is 0 Å². The summed E-state index contributed by atoms with van der Waals surface area (Å²) in [6, 6.07) is 0.529. The van der Waals surface area contributed by atoms with Gasteiger partial charge in [0.1, 0.15) is 0 Å². The smallest absolute Gasteiger partial charge is 0.0729 e. The molecule has 3 heteroatoms. The number of nitrogens with one attached hydrogen (secondary N) is 1. The van der Waals surface area contributed by atoms with Gasteiger partial charge < -0.3 is 14.8 Å². The molecule has 1 aliphatic carbocycles. The van der Waals surface area contributed by atoms with Crippen molar-refractivity contribution in [1.29, 1.82) is 0 Å². The second-order valence-corrected chi connectivity index (χ2v) is 4.91. The Hall–Kier alpha value is -0.120. The van der Waals surface area contributed by atoms with Gasteiger partial charge in [0, 0.05) is 12.6 Å². The first-order valence-electron chi connectivity index (χ1n) is 7.25. The first-order chi connectivity index (χ1) is 8.38. The Bertz CT molecular complexity index is 176. The van der Waals surface area contributed by atoms with Crippen LogP contribution in [0.3, 0.4) is 0 Å². The first-order valence-corrected chi connectivity index (χ1v) is 7.25. The molecule has 1 saturated carbocycles. The lowest BCUT2D eigenvalue weighted by molar-refractivity contribution is -0.0185. The third-order valence-electron chi connectivity index (χ3n) is 3.48. The number of rotatable bonds is 7. The molecule has 2 unspecified atom stereocenters. The molecule has 0 heterocycles. The second-order valence-electron chi connectivity index (χ2n) is 4.91. The van der Waals surface area contributed by atoms with Crippen LogP contribution in [0.2, 0.25) is 0 Å². The highest BCUT2D eigenvalue weighted by Crippen LogP contribution is 2.19. The Labute approximate surface area is 106 Å². The van der Waals surface area contributed by atoms with E-state index in [4.69, 9.17) is 9.47 Å². The average Bonchev–Trinajstić information content (AvgIpc) is 2.31. The standard InChI is InChI=1S/C14H29NO2/c1-3-10-16-11-12-17-14-9-7-5-4-6-8-13(14)15-2/h13-15H,3-12H2,1-2H3. The lowest BCUT2D eigenvalue weighted by Crippen LogP contribution is -2.40. The van der Waals surface area contributed by atoms with Crippen LogP contribution in [-0.2, 0) is 9.47 Å². The maximum Gasteiger partial charge on any atom is 0.0729 e. The molecule has 1 aliphatic rings. The van der Waals surface area contributed by atoms with Crippen molar-refractivity contribution in [2.75, 3.05) is 26.9 Å². The lowest BCUT2D eigenvalue weighted by atomic mass is 9.94. The van der Waals surface area contributed by atoms with Crippen LogP contribution in [0, 0.1) is 0 Å². The highest BCUT2D eigenvalue weighted by molar-refractivity contribution is 4.78. The lowest BCUT2D eigenvalue weighted by Gasteiger charge is -2.29. The fourth-order valence-electron chi connectivity index (χ4n) is 2.48. The fourth-order valence-corrected chi connectivity index (χ4v) is 2.48. The van der Waals surface area contributed by atoms with Gasteiger partial charge in [0.2, 0.25) is 0 Å². The molecule has 0 radical (unpaired) electrons. The summed E-state index contributed by atoms with van der Waals surface area (Å²) in [5.74, 6) is 0. The number of ether oxygens (including phenoxy) is 2. The molecule has 0 aliphatic heterocycles. The summed E-state index contributed by atoms with van der Waals surface area (Å²) < 4.78 is 11.4. The van der Waals surface area contributed by atoms with E-state index in [1.54, 1.807) is 0 Å². The molecule has 102 valence electrons. The summed E-state index contributed by atoms with van der Waals surface area (Å²) in [4.78, 5) is 0. The highest BCUT2D eigenvalue weighted by atomic mass is 16.5. The second kappa shape index (κ2) is 9.86. The average molecular weight is 243 g/mol. The van der Waals surface area contributed by atoms with E-state index < -0.39 is 0 Å². The zero-order valence-corrected chi connectivity index (χ0v) is 11.5. The van der Waals surface area contributed by atoms with Gasteiger partial charge in [-0.2, -0.15) is 0 Å². The monoisotopic (exact) mass is 243 g/mol. The first kappa shape index (κ1) is 14.9. The zero-order chi connectivity index (χ0) is 12.3. The molecular weight excluding hydrogens is 214 g/mol. The summed E-state index contributed by atoms with van der Waals surface area (Å²) in [6.45, 7) is 4.46. The molecule has 0 aromatic rings. The number of likely N-dealkylation sites (N-methyl/N-ethyl adjacent to an activating group) is 1. The summed E-state index contributed by atoms with van der Waals surface area (Å²) >= 11 is 0. The van der Waals surface area contributed by atoms with Gasteiger partial charge in [-0.15, -0.1) is 0 Å². The SMILES string of the molecule is CCCOCCOC1CCCCCCC1NC. The zero-order valence-electron chi connectivity index (χ0n) is 11.5. The number of hydrogen-bond donors (Lipinski definition) is 1.